The van der Waals surface area contributed by atoms with Crippen molar-refractivity contribution in [3.63, 3.8) is 0 Å². The summed E-state index contributed by atoms with van der Waals surface area (Å²) in [5.74, 6) is -1.16. The second-order valence-corrected chi connectivity index (χ2v) is 7.60. The first kappa shape index (κ1) is 19.9. The number of hydrogen-bond donors (Lipinski definition) is 2. The standard InChI is InChI=1S/C16H32N2O3/c1-12(2)21-10-8-9-17-13(19)14(20)18-16(6,7)11-15(3,4)5/h12H,8-11H2,1-7H3,(H,17,19)(H,18,20). The molecule has 0 unspecified atom stereocenters. The molecule has 21 heavy (non-hydrogen) atoms. The molecule has 0 heterocycles. The van der Waals surface area contributed by atoms with Crippen LogP contribution in [0.4, 0.5) is 0 Å². The lowest BCUT2D eigenvalue weighted by atomic mass is 9.82. The summed E-state index contributed by atoms with van der Waals surface area (Å²) in [5.41, 5.74) is -0.325. The molecule has 0 saturated carbocycles. The van der Waals surface area contributed by atoms with Crippen LogP contribution in [0.1, 0.15) is 61.3 Å². The van der Waals surface area contributed by atoms with Crippen LogP contribution in [0, 0.1) is 5.41 Å². The van der Waals surface area contributed by atoms with E-state index < -0.39 is 17.4 Å². The molecule has 0 aliphatic rings. The van der Waals surface area contributed by atoms with Crippen molar-refractivity contribution < 1.29 is 14.3 Å². The molecule has 0 bridgehead atoms. The SMILES string of the molecule is CC(C)OCCCNC(=O)C(=O)NC(C)(C)CC(C)(C)C. The quantitative estimate of drug-likeness (QED) is 0.560. The molecule has 124 valence electrons. The molecule has 0 aromatic carbocycles. The molecule has 0 rings (SSSR count). The second kappa shape index (κ2) is 8.37. The molecule has 0 aromatic rings. The van der Waals surface area contributed by atoms with E-state index >= 15 is 0 Å². The molecule has 0 radical (unpaired) electrons. The van der Waals surface area contributed by atoms with Gasteiger partial charge in [-0.05, 0) is 46.0 Å². The maximum Gasteiger partial charge on any atom is 0.309 e. The summed E-state index contributed by atoms with van der Waals surface area (Å²) in [6.07, 6.45) is 1.67. The number of rotatable bonds is 7. The molecular weight excluding hydrogens is 268 g/mol. The van der Waals surface area contributed by atoms with Crippen molar-refractivity contribution in [1.82, 2.24) is 10.6 Å². The van der Waals surface area contributed by atoms with E-state index in [2.05, 4.69) is 31.4 Å². The van der Waals surface area contributed by atoms with Crippen molar-refractivity contribution in [3.8, 4) is 0 Å². The van der Waals surface area contributed by atoms with E-state index in [0.717, 1.165) is 6.42 Å². The fourth-order valence-corrected chi connectivity index (χ4v) is 2.41. The first-order chi connectivity index (χ1) is 9.43. The van der Waals surface area contributed by atoms with Gasteiger partial charge in [0.05, 0.1) is 6.10 Å². The maximum absolute atomic E-state index is 11.9. The fraction of sp³-hybridized carbons (Fsp3) is 0.875. The zero-order valence-corrected chi connectivity index (χ0v) is 14.6. The first-order valence-electron chi connectivity index (χ1n) is 7.65. The third-order valence-corrected chi connectivity index (χ3v) is 2.69. The third-order valence-electron chi connectivity index (χ3n) is 2.69. The van der Waals surface area contributed by atoms with Crippen LogP contribution in [0.15, 0.2) is 0 Å². The summed E-state index contributed by atoms with van der Waals surface area (Å²) >= 11 is 0. The molecular formula is C16H32N2O3. The Kier molecular flexibility index (Phi) is 7.93. The number of hydrogen-bond acceptors (Lipinski definition) is 3. The summed E-state index contributed by atoms with van der Waals surface area (Å²) in [5, 5.41) is 5.40. The van der Waals surface area contributed by atoms with Crippen LogP contribution >= 0.6 is 0 Å². The Morgan fingerprint density at radius 3 is 2.10 bits per heavy atom. The van der Waals surface area contributed by atoms with E-state index in [1.165, 1.54) is 0 Å². The minimum Gasteiger partial charge on any atom is -0.379 e. The number of ether oxygens (including phenoxy) is 1. The monoisotopic (exact) mass is 300 g/mol. The molecule has 0 fully saturated rings. The highest BCUT2D eigenvalue weighted by atomic mass is 16.5. The van der Waals surface area contributed by atoms with Crippen LogP contribution in [0.25, 0.3) is 0 Å². The summed E-state index contributed by atoms with van der Waals surface area (Å²) in [4.78, 5) is 23.6. The normalized spacial score (nSPS) is 12.4. The van der Waals surface area contributed by atoms with Gasteiger partial charge >= 0.3 is 11.8 Å². The Morgan fingerprint density at radius 1 is 1.05 bits per heavy atom. The van der Waals surface area contributed by atoms with Crippen molar-refractivity contribution in [2.45, 2.75) is 73.0 Å². The molecule has 0 aliphatic carbocycles. The molecule has 0 atom stereocenters. The van der Waals surface area contributed by atoms with Gasteiger partial charge in [0.2, 0.25) is 0 Å². The van der Waals surface area contributed by atoms with E-state index in [-0.39, 0.29) is 11.5 Å². The minimum absolute atomic E-state index is 0.0848. The summed E-state index contributed by atoms with van der Waals surface area (Å²) in [7, 11) is 0. The minimum atomic E-state index is -0.582. The molecule has 2 amide bonds. The number of carbonyl (C=O) groups excluding carboxylic acids is 2. The predicted octanol–water partition coefficient (Wildman–Crippen LogP) is 2.25. The molecule has 5 heteroatoms. The largest absolute Gasteiger partial charge is 0.379 e. The van der Waals surface area contributed by atoms with Crippen LogP contribution in [-0.2, 0) is 14.3 Å². The topological polar surface area (TPSA) is 67.4 Å². The Balaban J connectivity index is 4.07. The van der Waals surface area contributed by atoms with Crippen molar-refractivity contribution in [2.24, 2.45) is 5.41 Å². The molecule has 0 aromatic heterocycles. The molecule has 5 nitrogen and oxygen atoms in total. The summed E-state index contributed by atoms with van der Waals surface area (Å²) in [6, 6.07) is 0. The zero-order valence-electron chi connectivity index (χ0n) is 14.6. The number of amides is 2. The highest BCUT2D eigenvalue weighted by Gasteiger charge is 2.28. The second-order valence-electron chi connectivity index (χ2n) is 7.60. The molecule has 2 N–H and O–H groups in total. The van der Waals surface area contributed by atoms with Crippen LogP contribution in [-0.4, -0.2) is 36.6 Å². The summed E-state index contributed by atoms with van der Waals surface area (Å²) < 4.78 is 5.37. The van der Waals surface area contributed by atoms with Gasteiger partial charge in [-0.25, -0.2) is 0 Å². The van der Waals surface area contributed by atoms with Crippen molar-refractivity contribution in [3.05, 3.63) is 0 Å². The Labute approximate surface area is 129 Å². The van der Waals surface area contributed by atoms with Gasteiger partial charge in [-0.15, -0.1) is 0 Å². The third kappa shape index (κ3) is 11.3. The highest BCUT2D eigenvalue weighted by Crippen LogP contribution is 2.26. The van der Waals surface area contributed by atoms with Crippen LogP contribution in [0.3, 0.4) is 0 Å². The lowest BCUT2D eigenvalue weighted by Crippen LogP contribution is -2.51. The van der Waals surface area contributed by atoms with Gasteiger partial charge in [-0.2, -0.15) is 0 Å². The van der Waals surface area contributed by atoms with Crippen molar-refractivity contribution in [1.29, 1.82) is 0 Å². The first-order valence-corrected chi connectivity index (χ1v) is 7.65. The zero-order chi connectivity index (χ0) is 16.7. The van der Waals surface area contributed by atoms with Gasteiger partial charge in [0.1, 0.15) is 0 Å². The van der Waals surface area contributed by atoms with Crippen molar-refractivity contribution >= 4 is 11.8 Å². The van der Waals surface area contributed by atoms with Gasteiger partial charge in [0.15, 0.2) is 0 Å². The van der Waals surface area contributed by atoms with Gasteiger partial charge < -0.3 is 15.4 Å². The Hall–Kier alpha value is -1.10. The fourth-order valence-electron chi connectivity index (χ4n) is 2.41. The van der Waals surface area contributed by atoms with Gasteiger partial charge in [-0.3, -0.25) is 9.59 Å². The average Bonchev–Trinajstić information content (AvgIpc) is 2.23. The average molecular weight is 300 g/mol. The highest BCUT2D eigenvalue weighted by molar-refractivity contribution is 6.35. The summed E-state index contributed by atoms with van der Waals surface area (Å²) in [6.45, 7) is 15.1. The predicted molar refractivity (Wildman–Crippen MR) is 85.0 cm³/mol. The Morgan fingerprint density at radius 2 is 1.62 bits per heavy atom. The molecule has 0 saturated heterocycles. The van der Waals surface area contributed by atoms with Crippen molar-refractivity contribution in [2.75, 3.05) is 13.2 Å². The lowest BCUT2D eigenvalue weighted by Gasteiger charge is -2.33. The Bertz CT molecular complexity index is 344. The van der Waals surface area contributed by atoms with E-state index in [4.69, 9.17) is 4.74 Å². The number of carbonyl (C=O) groups is 2. The van der Waals surface area contributed by atoms with Crippen LogP contribution in [0.2, 0.25) is 0 Å². The van der Waals surface area contributed by atoms with E-state index in [9.17, 15) is 9.59 Å². The van der Waals surface area contributed by atoms with Gasteiger partial charge in [-0.1, -0.05) is 20.8 Å². The maximum atomic E-state index is 11.9. The van der Waals surface area contributed by atoms with Crippen LogP contribution < -0.4 is 10.6 Å². The van der Waals surface area contributed by atoms with Gasteiger partial charge in [0, 0.05) is 18.7 Å². The van der Waals surface area contributed by atoms with E-state index in [1.54, 1.807) is 0 Å². The number of nitrogens with one attached hydrogen (secondary N) is 2. The van der Waals surface area contributed by atoms with Gasteiger partial charge in [0.25, 0.3) is 0 Å². The smallest absolute Gasteiger partial charge is 0.309 e. The lowest BCUT2D eigenvalue weighted by molar-refractivity contribution is -0.140. The van der Waals surface area contributed by atoms with E-state index in [0.29, 0.717) is 19.6 Å². The van der Waals surface area contributed by atoms with Crippen LogP contribution in [0.5, 0.6) is 0 Å². The van der Waals surface area contributed by atoms with E-state index in [1.807, 2.05) is 27.7 Å². The molecule has 0 aliphatic heterocycles. The molecule has 0 spiro atoms.